The highest BCUT2D eigenvalue weighted by Crippen LogP contribution is 2.45. The molecule has 2 heterocycles. The number of nitrogens with zero attached hydrogens (tertiary/aromatic N) is 3. The first-order chi connectivity index (χ1) is 20.6. The van der Waals surface area contributed by atoms with Gasteiger partial charge in [0.2, 0.25) is 11.9 Å². The van der Waals surface area contributed by atoms with Crippen molar-refractivity contribution in [2.24, 2.45) is 0 Å². The van der Waals surface area contributed by atoms with E-state index in [0.717, 1.165) is 5.56 Å². The monoisotopic (exact) mass is 627 g/mol. The number of hydrogen-bond donors (Lipinski definition) is 4. The summed E-state index contributed by atoms with van der Waals surface area (Å²) >= 11 is 13.4. The number of carbonyl (C=O) groups is 1. The van der Waals surface area contributed by atoms with Gasteiger partial charge in [0.15, 0.2) is 0 Å². The highest BCUT2D eigenvalue weighted by Gasteiger charge is 2.25. The Morgan fingerprint density at radius 1 is 1.09 bits per heavy atom. The zero-order valence-corrected chi connectivity index (χ0v) is 25.3. The Balaban J connectivity index is 1.86. The van der Waals surface area contributed by atoms with Crippen molar-refractivity contribution in [1.82, 2.24) is 14.5 Å². The predicted octanol–water partition coefficient (Wildman–Crippen LogP) is 4.30. The van der Waals surface area contributed by atoms with Gasteiger partial charge in [0, 0.05) is 35.4 Å². The Labute approximate surface area is 257 Å². The molecule has 0 aliphatic rings. The summed E-state index contributed by atoms with van der Waals surface area (Å²) in [6.45, 7) is 4.50. The molecule has 0 fully saturated rings. The van der Waals surface area contributed by atoms with E-state index in [2.05, 4.69) is 27.2 Å². The van der Waals surface area contributed by atoms with Crippen LogP contribution in [-0.2, 0) is 17.8 Å². The van der Waals surface area contributed by atoms with E-state index < -0.39 is 11.1 Å². The number of methoxy groups -OCH3 is 2. The summed E-state index contributed by atoms with van der Waals surface area (Å²) in [5.74, 6) is 0.337. The Bertz CT molecular complexity index is 1690. The van der Waals surface area contributed by atoms with E-state index in [1.807, 2.05) is 12.1 Å². The maximum absolute atomic E-state index is 14.2. The third-order valence-corrected chi connectivity index (χ3v) is 7.56. The number of amides is 1. The van der Waals surface area contributed by atoms with Crippen LogP contribution >= 0.6 is 23.2 Å². The van der Waals surface area contributed by atoms with Crippen molar-refractivity contribution in [3.63, 3.8) is 0 Å². The van der Waals surface area contributed by atoms with Crippen LogP contribution in [0.2, 0.25) is 10.0 Å². The van der Waals surface area contributed by atoms with Gasteiger partial charge in [-0.1, -0.05) is 41.9 Å². The fourth-order valence-electron chi connectivity index (χ4n) is 4.32. The van der Waals surface area contributed by atoms with Gasteiger partial charge in [-0.05, 0) is 43.2 Å². The van der Waals surface area contributed by atoms with Gasteiger partial charge in [0.05, 0.1) is 48.6 Å². The molecule has 0 aliphatic carbocycles. The van der Waals surface area contributed by atoms with E-state index in [4.69, 9.17) is 32.7 Å². The lowest BCUT2D eigenvalue weighted by Gasteiger charge is -2.26. The molecule has 0 spiro atoms. The maximum Gasteiger partial charge on any atom is 0.260 e. The molecule has 11 nitrogen and oxygen atoms in total. The number of aliphatic hydroxyl groups excluding tert-OH is 2. The highest BCUT2D eigenvalue weighted by molar-refractivity contribution is 6.41. The van der Waals surface area contributed by atoms with Gasteiger partial charge in [-0.2, -0.15) is 4.98 Å². The largest absolute Gasteiger partial charge is 0.495 e. The Kier molecular flexibility index (Phi) is 9.92. The lowest BCUT2D eigenvalue weighted by molar-refractivity contribution is -0.111. The fraction of sp³-hybridized carbons (Fsp3) is 0.267. The van der Waals surface area contributed by atoms with Crippen molar-refractivity contribution < 1.29 is 24.5 Å². The number of fused-ring (bicyclic) bond motifs is 1. The van der Waals surface area contributed by atoms with E-state index in [9.17, 15) is 19.8 Å². The summed E-state index contributed by atoms with van der Waals surface area (Å²) < 4.78 is 12.3. The van der Waals surface area contributed by atoms with Crippen molar-refractivity contribution in [1.29, 1.82) is 0 Å². The van der Waals surface area contributed by atoms with Gasteiger partial charge >= 0.3 is 0 Å². The number of aliphatic hydroxyl groups is 2. The molecule has 13 heteroatoms. The second kappa shape index (κ2) is 13.4. The number of nitrogens with one attached hydrogen (secondary N) is 2. The fourth-order valence-corrected chi connectivity index (χ4v) is 5.02. The van der Waals surface area contributed by atoms with E-state index in [-0.39, 0.29) is 64.3 Å². The van der Waals surface area contributed by atoms with Gasteiger partial charge < -0.3 is 30.3 Å². The van der Waals surface area contributed by atoms with Gasteiger partial charge in [0.25, 0.3) is 5.56 Å². The zero-order chi connectivity index (χ0) is 31.3. The number of aryl methyl sites for hydroxylation is 2. The highest BCUT2D eigenvalue weighted by atomic mass is 35.5. The van der Waals surface area contributed by atoms with Crippen LogP contribution in [0.25, 0.3) is 22.2 Å². The molecule has 4 rings (SSSR count). The number of pyridine rings is 1. The van der Waals surface area contributed by atoms with Crippen LogP contribution in [0.15, 0.2) is 60.0 Å². The number of hydrogen-bond acceptors (Lipinski definition) is 9. The van der Waals surface area contributed by atoms with Crippen LogP contribution in [0.4, 0.5) is 11.6 Å². The zero-order valence-electron chi connectivity index (χ0n) is 23.8. The molecule has 0 aliphatic heterocycles. The first kappa shape index (κ1) is 31.8. The number of anilines is 2. The Hall–Kier alpha value is -4.16. The quantitative estimate of drug-likeness (QED) is 0.169. The molecule has 2 aromatic carbocycles. The first-order valence-electron chi connectivity index (χ1n) is 13.1. The van der Waals surface area contributed by atoms with Crippen molar-refractivity contribution in [2.75, 3.05) is 38.1 Å². The minimum atomic E-state index is -1.10. The summed E-state index contributed by atoms with van der Waals surface area (Å²) in [4.78, 5) is 34.7. The molecule has 1 amide bonds. The molecular weight excluding hydrogens is 597 g/mol. The van der Waals surface area contributed by atoms with Crippen molar-refractivity contribution in [2.45, 2.75) is 25.4 Å². The average molecular weight is 629 g/mol. The van der Waals surface area contributed by atoms with E-state index in [0.29, 0.717) is 23.1 Å². The van der Waals surface area contributed by atoms with Crippen molar-refractivity contribution >= 4 is 51.8 Å². The number of benzene rings is 2. The van der Waals surface area contributed by atoms with Gasteiger partial charge in [0.1, 0.15) is 17.1 Å². The molecule has 43 heavy (non-hydrogen) atoms. The molecule has 226 valence electrons. The molecule has 0 unspecified atom stereocenters. The summed E-state index contributed by atoms with van der Waals surface area (Å²) in [7, 11) is 2.89. The minimum Gasteiger partial charge on any atom is -0.495 e. The van der Waals surface area contributed by atoms with Gasteiger partial charge in [-0.15, -0.1) is 0 Å². The number of carbonyl (C=O) groups excluding carboxylic acids is 1. The standard InChI is InChI=1S/C30H31Cl2N5O6/c1-5-23(40)34-19-8-6-17(7-9-19)10-11-37-27-18(14-33-29(35-27)36-30(2,15-38)16-39)12-20(28(37)41)24-25(31)21(42-3)13-22(43-4)26(24)32/h5-9,12-14,38-39H,1,10-11,15-16H2,2-4H3,(H,34,40)(H,33,35,36). The summed E-state index contributed by atoms with van der Waals surface area (Å²) in [6.07, 6.45) is 3.13. The predicted molar refractivity (Wildman–Crippen MR) is 168 cm³/mol. The van der Waals surface area contributed by atoms with Crippen LogP contribution in [-0.4, -0.2) is 63.6 Å². The second-order valence-corrected chi connectivity index (χ2v) is 10.7. The first-order valence-corrected chi connectivity index (χ1v) is 13.9. The number of ether oxygens (including phenoxy) is 2. The molecule has 0 saturated heterocycles. The maximum atomic E-state index is 14.2. The van der Waals surface area contributed by atoms with Crippen molar-refractivity contribution in [3.05, 3.63) is 81.2 Å². The lowest BCUT2D eigenvalue weighted by Crippen LogP contribution is -2.43. The second-order valence-electron chi connectivity index (χ2n) is 9.91. The molecular formula is C30H31Cl2N5O6. The van der Waals surface area contributed by atoms with Crippen LogP contribution in [0, 0.1) is 0 Å². The normalized spacial score (nSPS) is 11.3. The van der Waals surface area contributed by atoms with E-state index >= 15 is 0 Å². The van der Waals surface area contributed by atoms with E-state index in [1.54, 1.807) is 25.1 Å². The minimum absolute atomic E-state index is 0.112. The smallest absolute Gasteiger partial charge is 0.260 e. The molecule has 2 aromatic heterocycles. The van der Waals surface area contributed by atoms with Crippen LogP contribution < -0.4 is 25.7 Å². The van der Waals surface area contributed by atoms with E-state index in [1.165, 1.54) is 37.1 Å². The number of halogens is 2. The number of aromatic nitrogens is 3. The molecule has 0 radical (unpaired) electrons. The molecule has 0 saturated carbocycles. The third-order valence-electron chi connectivity index (χ3n) is 6.81. The van der Waals surface area contributed by atoms with Crippen LogP contribution in [0.1, 0.15) is 12.5 Å². The van der Waals surface area contributed by atoms with Crippen LogP contribution in [0.3, 0.4) is 0 Å². The van der Waals surface area contributed by atoms with Gasteiger partial charge in [-0.3, -0.25) is 14.2 Å². The Morgan fingerprint density at radius 2 is 1.72 bits per heavy atom. The topological polar surface area (TPSA) is 148 Å². The molecule has 4 aromatic rings. The summed E-state index contributed by atoms with van der Waals surface area (Å²) in [5.41, 5.74) is 0.690. The summed E-state index contributed by atoms with van der Waals surface area (Å²) in [6, 6.07) is 10.3. The third kappa shape index (κ3) is 6.75. The Morgan fingerprint density at radius 3 is 2.28 bits per heavy atom. The van der Waals surface area contributed by atoms with Crippen molar-refractivity contribution in [3.8, 4) is 22.6 Å². The molecule has 4 N–H and O–H groups in total. The van der Waals surface area contributed by atoms with Crippen LogP contribution in [0.5, 0.6) is 11.5 Å². The lowest BCUT2D eigenvalue weighted by atomic mass is 10.0. The summed E-state index contributed by atoms with van der Waals surface area (Å²) in [5, 5.41) is 25.9. The SMILES string of the molecule is C=CC(=O)Nc1ccc(CCn2c(=O)c(-c3c(Cl)c(OC)cc(OC)c3Cl)cc3cnc(NC(C)(CO)CO)nc32)cc1. The molecule has 0 bridgehead atoms. The molecule has 0 atom stereocenters. The average Bonchev–Trinajstić information content (AvgIpc) is 3.01. The van der Waals surface area contributed by atoms with Gasteiger partial charge in [-0.25, -0.2) is 4.98 Å². The number of rotatable bonds is 12.